The maximum atomic E-state index is 13.3. The molecule has 10 heteroatoms. The lowest BCUT2D eigenvalue weighted by Gasteiger charge is -2.14. The third-order valence-corrected chi connectivity index (χ3v) is 6.49. The average molecular weight is 481 g/mol. The van der Waals surface area contributed by atoms with Crippen LogP contribution in [0.25, 0.3) is 17.1 Å². The van der Waals surface area contributed by atoms with Crippen molar-refractivity contribution in [2.45, 2.75) is 43.1 Å². The fraction of sp³-hybridized carbons (Fsp3) is 0.318. The van der Waals surface area contributed by atoms with E-state index in [1.807, 2.05) is 0 Å². The Morgan fingerprint density at radius 3 is 2.59 bits per heavy atom. The van der Waals surface area contributed by atoms with Crippen LogP contribution in [0.1, 0.15) is 31.2 Å². The van der Waals surface area contributed by atoms with Gasteiger partial charge in [-0.05, 0) is 43.2 Å². The maximum absolute atomic E-state index is 13.3. The first-order valence-electron chi connectivity index (χ1n) is 10.1. The second-order valence-electron chi connectivity index (χ2n) is 7.51. The predicted octanol–water partition coefficient (Wildman–Crippen LogP) is 5.76. The number of alkyl halides is 3. The third-order valence-electron chi connectivity index (χ3n) is 5.23. The highest BCUT2D eigenvalue weighted by Crippen LogP contribution is 2.35. The van der Waals surface area contributed by atoms with E-state index in [0.29, 0.717) is 21.6 Å². The fourth-order valence-corrected chi connectivity index (χ4v) is 4.69. The Bertz CT molecular complexity index is 1110. The Kier molecular flexibility index (Phi) is 6.76. The molecule has 1 aliphatic rings. The summed E-state index contributed by atoms with van der Waals surface area (Å²) in [7, 11) is 0. The molecule has 1 fully saturated rings. The summed E-state index contributed by atoms with van der Waals surface area (Å²) >= 11 is 7.44. The van der Waals surface area contributed by atoms with Gasteiger partial charge in [-0.2, -0.15) is 13.2 Å². The van der Waals surface area contributed by atoms with Gasteiger partial charge in [0.25, 0.3) is 0 Å². The quantitative estimate of drug-likeness (QED) is 0.456. The van der Waals surface area contributed by atoms with E-state index in [-0.39, 0.29) is 23.4 Å². The lowest BCUT2D eigenvalue weighted by atomic mass is 10.1. The van der Waals surface area contributed by atoms with Crippen LogP contribution in [0.5, 0.6) is 0 Å². The molecule has 2 aromatic carbocycles. The standard InChI is InChI=1S/C22H20ClF3N4OS/c23-18-11-4-3-10-17(18)20-28-29-21(32-13-19(31)27-15-7-1-2-8-15)30(20)16-9-5-6-14(12-16)22(24,25)26/h3-6,9-12,15H,1-2,7-8,13H2,(H,27,31). The van der Waals surface area contributed by atoms with Crippen molar-refractivity contribution < 1.29 is 18.0 Å². The number of hydrogen-bond donors (Lipinski definition) is 1. The molecule has 0 spiro atoms. The van der Waals surface area contributed by atoms with Gasteiger partial charge >= 0.3 is 6.18 Å². The molecule has 1 aliphatic carbocycles. The fourth-order valence-electron chi connectivity index (χ4n) is 3.70. The zero-order valence-corrected chi connectivity index (χ0v) is 18.5. The topological polar surface area (TPSA) is 59.8 Å². The summed E-state index contributed by atoms with van der Waals surface area (Å²) in [6, 6.07) is 12.0. The summed E-state index contributed by atoms with van der Waals surface area (Å²) in [5.41, 5.74) is -0.0245. The van der Waals surface area contributed by atoms with E-state index in [9.17, 15) is 18.0 Å². The monoisotopic (exact) mass is 480 g/mol. The molecule has 5 nitrogen and oxygen atoms in total. The minimum Gasteiger partial charge on any atom is -0.353 e. The number of carbonyl (C=O) groups is 1. The van der Waals surface area contributed by atoms with Gasteiger partial charge in [0.15, 0.2) is 11.0 Å². The Morgan fingerprint density at radius 1 is 1.12 bits per heavy atom. The van der Waals surface area contributed by atoms with Gasteiger partial charge in [-0.1, -0.05) is 54.4 Å². The van der Waals surface area contributed by atoms with Gasteiger partial charge in [0.1, 0.15) is 0 Å². The van der Waals surface area contributed by atoms with Crippen LogP contribution in [0.4, 0.5) is 13.2 Å². The highest BCUT2D eigenvalue weighted by molar-refractivity contribution is 7.99. The zero-order chi connectivity index (χ0) is 22.7. The Hall–Kier alpha value is -2.52. The van der Waals surface area contributed by atoms with Crippen LogP contribution in [-0.2, 0) is 11.0 Å². The number of nitrogens with one attached hydrogen (secondary N) is 1. The first kappa shape index (κ1) is 22.7. The van der Waals surface area contributed by atoms with Crippen LogP contribution >= 0.6 is 23.4 Å². The second kappa shape index (κ2) is 9.54. The molecular weight excluding hydrogens is 461 g/mol. The maximum Gasteiger partial charge on any atom is 0.416 e. The van der Waals surface area contributed by atoms with Crippen molar-refractivity contribution in [2.24, 2.45) is 0 Å². The number of carbonyl (C=O) groups excluding carboxylic acids is 1. The van der Waals surface area contributed by atoms with Gasteiger partial charge in [0.2, 0.25) is 5.91 Å². The van der Waals surface area contributed by atoms with Crippen LogP contribution in [0, 0.1) is 0 Å². The van der Waals surface area contributed by atoms with Gasteiger partial charge in [0, 0.05) is 11.6 Å². The zero-order valence-electron chi connectivity index (χ0n) is 16.9. The van der Waals surface area contributed by atoms with E-state index in [1.54, 1.807) is 30.3 Å². The predicted molar refractivity (Wildman–Crippen MR) is 118 cm³/mol. The molecule has 1 aromatic heterocycles. The summed E-state index contributed by atoms with van der Waals surface area (Å²) in [5, 5.41) is 12.0. The van der Waals surface area contributed by atoms with Crippen molar-refractivity contribution in [1.82, 2.24) is 20.1 Å². The lowest BCUT2D eigenvalue weighted by Crippen LogP contribution is -2.33. The molecule has 32 heavy (non-hydrogen) atoms. The molecule has 0 unspecified atom stereocenters. The number of aromatic nitrogens is 3. The number of rotatable bonds is 6. The van der Waals surface area contributed by atoms with Crippen LogP contribution in [-0.4, -0.2) is 32.5 Å². The van der Waals surface area contributed by atoms with E-state index in [4.69, 9.17) is 11.6 Å². The molecule has 1 amide bonds. The van der Waals surface area contributed by atoms with E-state index in [1.165, 1.54) is 10.6 Å². The molecule has 1 N–H and O–H groups in total. The molecule has 0 bridgehead atoms. The molecule has 0 atom stereocenters. The highest BCUT2D eigenvalue weighted by Gasteiger charge is 2.31. The van der Waals surface area contributed by atoms with Crippen molar-refractivity contribution >= 4 is 29.3 Å². The summed E-state index contributed by atoms with van der Waals surface area (Å²) in [6.07, 6.45) is -0.365. The number of benzene rings is 2. The van der Waals surface area contributed by atoms with Crippen molar-refractivity contribution in [3.63, 3.8) is 0 Å². The number of amides is 1. The summed E-state index contributed by atoms with van der Waals surface area (Å²) < 4.78 is 41.5. The van der Waals surface area contributed by atoms with Crippen LogP contribution in [0.2, 0.25) is 5.02 Å². The summed E-state index contributed by atoms with van der Waals surface area (Å²) in [6.45, 7) is 0. The molecule has 1 saturated carbocycles. The number of nitrogens with zero attached hydrogens (tertiary/aromatic N) is 3. The largest absolute Gasteiger partial charge is 0.416 e. The molecule has 0 aliphatic heterocycles. The summed E-state index contributed by atoms with van der Waals surface area (Å²) in [4.78, 5) is 12.4. The molecule has 3 aromatic rings. The van der Waals surface area contributed by atoms with Gasteiger partial charge < -0.3 is 5.32 Å². The lowest BCUT2D eigenvalue weighted by molar-refractivity contribution is -0.137. The van der Waals surface area contributed by atoms with E-state index in [0.717, 1.165) is 49.6 Å². The first-order chi connectivity index (χ1) is 15.3. The second-order valence-corrected chi connectivity index (χ2v) is 8.86. The van der Waals surface area contributed by atoms with Crippen LogP contribution in [0.3, 0.4) is 0 Å². The molecule has 1 heterocycles. The highest BCUT2D eigenvalue weighted by atomic mass is 35.5. The SMILES string of the molecule is O=C(CSc1nnc(-c2ccccc2Cl)n1-c1cccc(C(F)(F)F)c1)NC1CCCC1. The Morgan fingerprint density at radius 2 is 1.88 bits per heavy atom. The average Bonchev–Trinajstić information content (AvgIpc) is 3.42. The Balaban J connectivity index is 1.68. The van der Waals surface area contributed by atoms with Gasteiger partial charge in [-0.25, -0.2) is 0 Å². The van der Waals surface area contributed by atoms with Crippen molar-refractivity contribution in [2.75, 3.05) is 5.75 Å². The van der Waals surface area contributed by atoms with E-state index >= 15 is 0 Å². The van der Waals surface area contributed by atoms with Crippen molar-refractivity contribution in [3.8, 4) is 17.1 Å². The minimum absolute atomic E-state index is 0.0795. The smallest absolute Gasteiger partial charge is 0.353 e. The number of halogens is 4. The molecule has 168 valence electrons. The number of hydrogen-bond acceptors (Lipinski definition) is 4. The third kappa shape index (κ3) is 5.10. The van der Waals surface area contributed by atoms with Crippen LogP contribution in [0.15, 0.2) is 53.7 Å². The van der Waals surface area contributed by atoms with Gasteiger partial charge in [-0.3, -0.25) is 9.36 Å². The van der Waals surface area contributed by atoms with Gasteiger partial charge in [-0.15, -0.1) is 10.2 Å². The minimum atomic E-state index is -4.50. The molecule has 0 saturated heterocycles. The molecule has 0 radical (unpaired) electrons. The molecular formula is C22H20ClF3N4OS. The molecule has 4 rings (SSSR count). The first-order valence-corrected chi connectivity index (χ1v) is 11.5. The van der Waals surface area contributed by atoms with Gasteiger partial charge in [0.05, 0.1) is 22.0 Å². The van der Waals surface area contributed by atoms with Crippen molar-refractivity contribution in [1.29, 1.82) is 0 Å². The Labute approximate surface area is 192 Å². The normalized spacial score (nSPS) is 14.6. The summed E-state index contributed by atoms with van der Waals surface area (Å²) in [5.74, 6) is 0.240. The van der Waals surface area contributed by atoms with Crippen molar-refractivity contribution in [3.05, 3.63) is 59.1 Å². The van der Waals surface area contributed by atoms with Crippen LogP contribution < -0.4 is 5.32 Å². The van der Waals surface area contributed by atoms with E-state index in [2.05, 4.69) is 15.5 Å². The number of thioether (sulfide) groups is 1. The van der Waals surface area contributed by atoms with E-state index < -0.39 is 11.7 Å².